The molecule has 0 heterocycles. The zero-order valence-corrected chi connectivity index (χ0v) is 22.9. The normalized spacial score (nSPS) is 14.1. The molecule has 0 unspecified atom stereocenters. The number of halogens is 2. The summed E-state index contributed by atoms with van der Waals surface area (Å²) < 4.78 is 11.0. The number of carbonyl (C=O) groups excluding carboxylic acids is 2. The minimum atomic E-state index is -0.737. The molecule has 0 aromatic heterocycles. The fraction of sp³-hybridized carbons (Fsp3) is 0.333. The predicted octanol–water partition coefficient (Wildman–Crippen LogP) is 6.08. The zero-order chi connectivity index (χ0) is 26.9. The summed E-state index contributed by atoms with van der Waals surface area (Å²) in [7, 11) is 1.59. The summed E-state index contributed by atoms with van der Waals surface area (Å²) >= 11 is 12.4. The number of carbonyl (C=O) groups is 2. The van der Waals surface area contributed by atoms with Crippen molar-refractivity contribution in [3.63, 3.8) is 0 Å². The van der Waals surface area contributed by atoms with Crippen LogP contribution < -0.4 is 14.8 Å². The smallest absolute Gasteiger partial charge is 0.261 e. The predicted molar refractivity (Wildman–Crippen MR) is 150 cm³/mol. The summed E-state index contributed by atoms with van der Waals surface area (Å²) in [6.45, 7) is -0.0487. The van der Waals surface area contributed by atoms with Crippen molar-refractivity contribution in [1.82, 2.24) is 10.2 Å². The van der Waals surface area contributed by atoms with Gasteiger partial charge in [0.1, 0.15) is 17.5 Å². The molecule has 1 aliphatic rings. The van der Waals surface area contributed by atoms with E-state index in [1.807, 2.05) is 36.4 Å². The maximum Gasteiger partial charge on any atom is 0.261 e. The Kier molecular flexibility index (Phi) is 9.91. The SMILES string of the molecule is COc1ccc(OCC(=O)N(Cc2ccc(Cl)c(Cl)c2)[C@H](Cc2ccccc2)C(=O)NC2CCCC2)cc1. The molecule has 1 aliphatic carbocycles. The third-order valence-corrected chi connectivity index (χ3v) is 7.47. The Hall–Kier alpha value is -3.22. The summed E-state index contributed by atoms with van der Waals surface area (Å²) in [5.74, 6) is 0.744. The van der Waals surface area contributed by atoms with Gasteiger partial charge in [-0.3, -0.25) is 9.59 Å². The van der Waals surface area contributed by atoms with Gasteiger partial charge in [-0.05, 0) is 60.4 Å². The molecule has 0 spiro atoms. The molecule has 200 valence electrons. The molecule has 1 atom stereocenters. The van der Waals surface area contributed by atoms with Gasteiger partial charge in [-0.25, -0.2) is 0 Å². The van der Waals surface area contributed by atoms with Crippen molar-refractivity contribution in [2.24, 2.45) is 0 Å². The van der Waals surface area contributed by atoms with E-state index in [1.54, 1.807) is 48.4 Å². The highest BCUT2D eigenvalue weighted by Crippen LogP contribution is 2.25. The Balaban J connectivity index is 1.61. The second-order valence-corrected chi connectivity index (χ2v) is 10.2. The standard InChI is InChI=1S/C30H32Cl2N2O4/c1-37-24-12-14-25(15-13-24)38-20-29(35)34(19-22-11-16-26(31)27(32)17-22)28(18-21-7-3-2-4-8-21)30(36)33-23-9-5-6-10-23/h2-4,7-8,11-17,23,28H,5-6,9-10,18-20H2,1H3,(H,33,36)/t28-/m1/s1. The van der Waals surface area contributed by atoms with Gasteiger partial charge in [-0.2, -0.15) is 0 Å². The van der Waals surface area contributed by atoms with Gasteiger partial charge in [-0.15, -0.1) is 0 Å². The maximum atomic E-state index is 13.7. The fourth-order valence-electron chi connectivity index (χ4n) is 4.66. The van der Waals surface area contributed by atoms with E-state index in [4.69, 9.17) is 32.7 Å². The first-order valence-electron chi connectivity index (χ1n) is 12.8. The largest absolute Gasteiger partial charge is 0.497 e. The topological polar surface area (TPSA) is 67.9 Å². The molecule has 1 fully saturated rings. The van der Waals surface area contributed by atoms with Crippen molar-refractivity contribution in [2.45, 2.75) is 50.7 Å². The highest BCUT2D eigenvalue weighted by molar-refractivity contribution is 6.42. The number of ether oxygens (including phenoxy) is 2. The lowest BCUT2D eigenvalue weighted by Gasteiger charge is -2.32. The second kappa shape index (κ2) is 13.5. The molecule has 38 heavy (non-hydrogen) atoms. The monoisotopic (exact) mass is 554 g/mol. The number of methoxy groups -OCH3 is 1. The van der Waals surface area contributed by atoms with Crippen LogP contribution in [0.15, 0.2) is 72.8 Å². The molecule has 3 aromatic rings. The van der Waals surface area contributed by atoms with Gasteiger partial charge in [0.05, 0.1) is 17.2 Å². The highest BCUT2D eigenvalue weighted by Gasteiger charge is 2.32. The molecule has 8 heteroatoms. The molecular formula is C30H32Cl2N2O4. The number of nitrogens with one attached hydrogen (secondary N) is 1. The van der Waals surface area contributed by atoms with Crippen LogP contribution in [0.4, 0.5) is 0 Å². The summed E-state index contributed by atoms with van der Waals surface area (Å²) in [5.41, 5.74) is 1.73. The van der Waals surface area contributed by atoms with Gasteiger partial charge < -0.3 is 19.7 Å². The quantitative estimate of drug-likeness (QED) is 0.312. The van der Waals surface area contributed by atoms with Crippen LogP contribution in [-0.2, 0) is 22.6 Å². The van der Waals surface area contributed by atoms with E-state index >= 15 is 0 Å². The lowest BCUT2D eigenvalue weighted by molar-refractivity contribution is -0.143. The summed E-state index contributed by atoms with van der Waals surface area (Å²) in [6, 6.07) is 21.3. The molecule has 6 nitrogen and oxygen atoms in total. The molecule has 3 aromatic carbocycles. The molecule has 4 rings (SSSR count). The Morgan fingerprint density at radius 3 is 2.26 bits per heavy atom. The number of hydrogen-bond acceptors (Lipinski definition) is 4. The van der Waals surface area contributed by atoms with Gasteiger partial charge in [0.2, 0.25) is 5.91 Å². The Bertz CT molecular complexity index is 1210. The van der Waals surface area contributed by atoms with Crippen molar-refractivity contribution in [3.05, 3.63) is 94.0 Å². The van der Waals surface area contributed by atoms with E-state index in [9.17, 15) is 9.59 Å². The number of nitrogens with zero attached hydrogens (tertiary/aromatic N) is 1. The van der Waals surface area contributed by atoms with Crippen molar-refractivity contribution in [1.29, 1.82) is 0 Å². The van der Waals surface area contributed by atoms with Crippen LogP contribution >= 0.6 is 23.2 Å². The average molecular weight is 556 g/mol. The Morgan fingerprint density at radius 1 is 0.921 bits per heavy atom. The van der Waals surface area contributed by atoms with E-state index in [-0.39, 0.29) is 31.0 Å². The number of hydrogen-bond donors (Lipinski definition) is 1. The maximum absolute atomic E-state index is 13.7. The van der Waals surface area contributed by atoms with E-state index < -0.39 is 6.04 Å². The van der Waals surface area contributed by atoms with Crippen LogP contribution in [-0.4, -0.2) is 42.5 Å². The van der Waals surface area contributed by atoms with Crippen molar-refractivity contribution in [2.75, 3.05) is 13.7 Å². The molecule has 0 radical (unpaired) electrons. The van der Waals surface area contributed by atoms with E-state index in [1.165, 1.54) is 0 Å². The molecule has 1 saturated carbocycles. The van der Waals surface area contributed by atoms with Crippen LogP contribution in [0.1, 0.15) is 36.8 Å². The molecule has 1 N–H and O–H groups in total. The molecule has 0 bridgehead atoms. The zero-order valence-electron chi connectivity index (χ0n) is 21.4. The molecule has 2 amide bonds. The Labute approximate surface area is 233 Å². The minimum absolute atomic E-state index is 0.123. The lowest BCUT2D eigenvalue weighted by atomic mass is 10.0. The average Bonchev–Trinajstić information content (AvgIpc) is 3.45. The number of rotatable bonds is 11. The van der Waals surface area contributed by atoms with Gasteiger partial charge in [0.15, 0.2) is 6.61 Å². The highest BCUT2D eigenvalue weighted by atomic mass is 35.5. The fourth-order valence-corrected chi connectivity index (χ4v) is 4.98. The number of amides is 2. The summed E-state index contributed by atoms with van der Waals surface area (Å²) in [6.07, 6.45) is 4.46. The second-order valence-electron chi connectivity index (χ2n) is 9.43. The van der Waals surface area contributed by atoms with E-state index in [0.717, 1.165) is 36.8 Å². The van der Waals surface area contributed by atoms with Crippen LogP contribution in [0.2, 0.25) is 10.0 Å². The third kappa shape index (κ3) is 7.65. The van der Waals surface area contributed by atoms with Crippen molar-refractivity contribution < 1.29 is 19.1 Å². The lowest BCUT2D eigenvalue weighted by Crippen LogP contribution is -2.53. The van der Waals surface area contributed by atoms with Crippen molar-refractivity contribution in [3.8, 4) is 11.5 Å². The van der Waals surface area contributed by atoms with Crippen LogP contribution in [0, 0.1) is 0 Å². The molecular weight excluding hydrogens is 523 g/mol. The van der Waals surface area contributed by atoms with Gasteiger partial charge in [-0.1, -0.05) is 72.4 Å². The third-order valence-electron chi connectivity index (χ3n) is 6.73. The molecule has 0 aliphatic heterocycles. The van der Waals surface area contributed by atoms with E-state index in [0.29, 0.717) is 28.0 Å². The first kappa shape index (κ1) is 27.8. The van der Waals surface area contributed by atoms with Crippen molar-refractivity contribution >= 4 is 35.0 Å². The summed E-state index contributed by atoms with van der Waals surface area (Å²) in [5, 5.41) is 4.01. The first-order chi connectivity index (χ1) is 18.4. The first-order valence-corrected chi connectivity index (χ1v) is 13.5. The van der Waals surface area contributed by atoms with Gasteiger partial charge >= 0.3 is 0 Å². The van der Waals surface area contributed by atoms with E-state index in [2.05, 4.69) is 5.32 Å². The van der Waals surface area contributed by atoms with Crippen LogP contribution in [0.5, 0.6) is 11.5 Å². The molecule has 0 saturated heterocycles. The summed E-state index contributed by atoms with van der Waals surface area (Å²) in [4.78, 5) is 29.0. The van der Waals surface area contributed by atoms with Crippen LogP contribution in [0.25, 0.3) is 0 Å². The minimum Gasteiger partial charge on any atom is -0.497 e. The van der Waals surface area contributed by atoms with Crippen LogP contribution in [0.3, 0.4) is 0 Å². The van der Waals surface area contributed by atoms with Gasteiger partial charge in [0.25, 0.3) is 5.91 Å². The van der Waals surface area contributed by atoms with Gasteiger partial charge in [0, 0.05) is 19.0 Å². The number of benzene rings is 3. The Morgan fingerprint density at radius 2 is 1.61 bits per heavy atom.